The van der Waals surface area contributed by atoms with E-state index in [9.17, 15) is 13.8 Å². The summed E-state index contributed by atoms with van der Waals surface area (Å²) in [7, 11) is -1.46. The number of hydrogen-bond donors (Lipinski definition) is 2. The lowest BCUT2D eigenvalue weighted by Crippen LogP contribution is -2.38. The van der Waals surface area contributed by atoms with Crippen LogP contribution in [0.3, 0.4) is 0 Å². The second kappa shape index (κ2) is 7.38. The minimum atomic E-state index is -1.46. The van der Waals surface area contributed by atoms with Crippen LogP contribution in [0.2, 0.25) is 0 Å². The fraction of sp³-hybridized carbons (Fsp3) is 0.800. The predicted molar refractivity (Wildman–Crippen MR) is 62.6 cm³/mol. The summed E-state index contributed by atoms with van der Waals surface area (Å²) in [5.41, 5.74) is 0. The molecule has 0 rings (SSSR count). The number of carbonyl (C=O) groups excluding carboxylic acids is 1. The summed E-state index contributed by atoms with van der Waals surface area (Å²) in [6.07, 6.45) is 0.633. The van der Waals surface area contributed by atoms with Crippen molar-refractivity contribution in [1.82, 2.24) is 5.32 Å². The molecule has 5 nitrogen and oxygen atoms in total. The van der Waals surface area contributed by atoms with Crippen molar-refractivity contribution >= 4 is 22.7 Å². The molecule has 0 saturated carbocycles. The Kier molecular flexibility index (Phi) is 6.96. The molecule has 0 heterocycles. The van der Waals surface area contributed by atoms with E-state index in [0.29, 0.717) is 6.54 Å². The Bertz CT molecular complexity index is 280. The summed E-state index contributed by atoms with van der Waals surface area (Å²) in [6, 6.07) is 0. The van der Waals surface area contributed by atoms with Crippen LogP contribution in [0.4, 0.5) is 0 Å². The quantitative estimate of drug-likeness (QED) is 0.688. The third-order valence-corrected chi connectivity index (χ3v) is 4.00. The molecule has 0 aromatic carbocycles. The Morgan fingerprint density at radius 2 is 1.94 bits per heavy atom. The third-order valence-electron chi connectivity index (χ3n) is 2.13. The van der Waals surface area contributed by atoms with Gasteiger partial charge in [-0.15, -0.1) is 0 Å². The molecule has 0 aliphatic rings. The lowest BCUT2D eigenvalue weighted by molar-refractivity contribution is -0.137. The van der Waals surface area contributed by atoms with Gasteiger partial charge in [0, 0.05) is 22.6 Å². The Morgan fingerprint density at radius 3 is 2.38 bits per heavy atom. The van der Waals surface area contributed by atoms with E-state index in [4.69, 9.17) is 5.11 Å². The molecule has 0 aromatic heterocycles. The monoisotopic (exact) mass is 249 g/mol. The summed E-state index contributed by atoms with van der Waals surface area (Å²) in [4.78, 5) is 21.9. The minimum absolute atomic E-state index is 0.183. The fourth-order valence-corrected chi connectivity index (χ4v) is 2.47. The fourth-order valence-electron chi connectivity index (χ4n) is 1.17. The van der Waals surface area contributed by atoms with E-state index in [-0.39, 0.29) is 12.3 Å². The number of hydrogen-bond acceptors (Lipinski definition) is 3. The molecule has 16 heavy (non-hydrogen) atoms. The van der Waals surface area contributed by atoms with E-state index >= 15 is 0 Å². The molecule has 1 amide bonds. The molecule has 0 aromatic rings. The minimum Gasteiger partial charge on any atom is -0.481 e. The number of aliphatic carboxylic acids is 1. The van der Waals surface area contributed by atoms with Crippen LogP contribution in [0.15, 0.2) is 0 Å². The number of amides is 1. The number of rotatable bonds is 7. The Hall–Kier alpha value is -0.910. The number of nitrogens with one attached hydrogen (secondary N) is 1. The van der Waals surface area contributed by atoms with Crippen molar-refractivity contribution in [3.8, 4) is 0 Å². The highest BCUT2D eigenvalue weighted by Crippen LogP contribution is 2.08. The largest absolute Gasteiger partial charge is 0.481 e. The number of carboxylic acids is 1. The van der Waals surface area contributed by atoms with E-state index in [1.54, 1.807) is 13.8 Å². The summed E-state index contributed by atoms with van der Waals surface area (Å²) in [5, 5.41) is 10.0. The molecule has 0 radical (unpaired) electrons. The molecular weight excluding hydrogens is 230 g/mol. The van der Waals surface area contributed by atoms with Crippen molar-refractivity contribution in [2.24, 2.45) is 0 Å². The van der Waals surface area contributed by atoms with Crippen LogP contribution in [-0.4, -0.2) is 38.2 Å². The van der Waals surface area contributed by atoms with Crippen LogP contribution >= 0.6 is 0 Å². The average Bonchev–Trinajstić information content (AvgIpc) is 2.22. The van der Waals surface area contributed by atoms with Gasteiger partial charge in [0.2, 0.25) is 5.91 Å². The van der Waals surface area contributed by atoms with Crippen molar-refractivity contribution in [3.05, 3.63) is 0 Å². The van der Waals surface area contributed by atoms with Gasteiger partial charge in [0.15, 0.2) is 0 Å². The summed E-state index contributed by atoms with van der Waals surface area (Å²) in [6.45, 7) is 5.61. The molecule has 0 spiro atoms. The van der Waals surface area contributed by atoms with Crippen LogP contribution in [-0.2, 0) is 20.4 Å². The molecule has 0 saturated heterocycles. The first-order valence-electron chi connectivity index (χ1n) is 5.29. The Morgan fingerprint density at radius 1 is 1.38 bits per heavy atom. The van der Waals surface area contributed by atoms with Gasteiger partial charge in [-0.3, -0.25) is 13.8 Å². The van der Waals surface area contributed by atoms with Crippen LogP contribution in [0.5, 0.6) is 0 Å². The van der Waals surface area contributed by atoms with Gasteiger partial charge in [-0.05, 0) is 13.3 Å². The highest BCUT2D eigenvalue weighted by Gasteiger charge is 2.25. The molecule has 6 heteroatoms. The first-order valence-corrected chi connectivity index (χ1v) is 6.56. The Labute approximate surface area is 98.1 Å². The van der Waals surface area contributed by atoms with Gasteiger partial charge in [0.05, 0.1) is 6.42 Å². The van der Waals surface area contributed by atoms with Gasteiger partial charge in [0.1, 0.15) is 5.25 Å². The zero-order chi connectivity index (χ0) is 12.7. The van der Waals surface area contributed by atoms with Crippen molar-refractivity contribution in [1.29, 1.82) is 0 Å². The lowest BCUT2D eigenvalue weighted by Gasteiger charge is -2.15. The van der Waals surface area contributed by atoms with Crippen molar-refractivity contribution in [2.45, 2.75) is 44.1 Å². The van der Waals surface area contributed by atoms with Crippen molar-refractivity contribution < 1.29 is 18.9 Å². The maximum absolute atomic E-state index is 11.8. The average molecular weight is 249 g/mol. The predicted octanol–water partition coefficient (Wildman–Crippen LogP) is 0.513. The first kappa shape index (κ1) is 15.1. The molecule has 0 aliphatic heterocycles. The van der Waals surface area contributed by atoms with Crippen LogP contribution in [0.1, 0.15) is 33.6 Å². The zero-order valence-corrected chi connectivity index (χ0v) is 10.7. The standard InChI is InChI=1S/C10H19NO4S/c1-4-5-11-10(14)8(3)16(15)7(2)6-9(12)13/h7-8H,4-6H2,1-3H3,(H,11,14)(H,12,13). The molecule has 3 unspecified atom stereocenters. The maximum Gasteiger partial charge on any atom is 0.304 e. The van der Waals surface area contributed by atoms with Crippen LogP contribution < -0.4 is 5.32 Å². The molecule has 0 aliphatic carbocycles. The second-order valence-corrected chi connectivity index (χ2v) is 5.84. The van der Waals surface area contributed by atoms with Gasteiger partial charge in [0.25, 0.3) is 0 Å². The van der Waals surface area contributed by atoms with Gasteiger partial charge >= 0.3 is 5.97 Å². The molecule has 0 fully saturated rings. The molecular formula is C10H19NO4S. The smallest absolute Gasteiger partial charge is 0.304 e. The first-order chi connectivity index (χ1) is 7.40. The summed E-state index contributed by atoms with van der Waals surface area (Å²) < 4.78 is 11.8. The zero-order valence-electron chi connectivity index (χ0n) is 9.86. The van der Waals surface area contributed by atoms with Gasteiger partial charge < -0.3 is 10.4 Å². The Balaban J connectivity index is 4.25. The van der Waals surface area contributed by atoms with E-state index in [1.807, 2.05) is 6.92 Å². The van der Waals surface area contributed by atoms with E-state index in [2.05, 4.69) is 5.32 Å². The lowest BCUT2D eigenvalue weighted by atomic mass is 10.3. The van der Waals surface area contributed by atoms with Crippen LogP contribution in [0.25, 0.3) is 0 Å². The number of carbonyl (C=O) groups is 2. The normalized spacial score (nSPS) is 16.2. The van der Waals surface area contributed by atoms with Crippen molar-refractivity contribution in [3.63, 3.8) is 0 Å². The highest BCUT2D eigenvalue weighted by molar-refractivity contribution is 7.87. The summed E-state index contributed by atoms with van der Waals surface area (Å²) >= 11 is 0. The highest BCUT2D eigenvalue weighted by atomic mass is 32.2. The molecule has 2 N–H and O–H groups in total. The SMILES string of the molecule is CCCNC(=O)C(C)S(=O)C(C)CC(=O)O. The van der Waals surface area contributed by atoms with E-state index < -0.39 is 27.3 Å². The molecule has 0 bridgehead atoms. The van der Waals surface area contributed by atoms with Crippen LogP contribution in [0, 0.1) is 0 Å². The van der Waals surface area contributed by atoms with Gasteiger partial charge in [-0.25, -0.2) is 0 Å². The third kappa shape index (κ3) is 5.25. The molecule has 94 valence electrons. The maximum atomic E-state index is 11.8. The van der Waals surface area contributed by atoms with Gasteiger partial charge in [-0.1, -0.05) is 13.8 Å². The summed E-state index contributed by atoms with van der Waals surface area (Å²) in [5.74, 6) is -1.28. The topological polar surface area (TPSA) is 83.5 Å². The van der Waals surface area contributed by atoms with Crippen molar-refractivity contribution in [2.75, 3.05) is 6.54 Å². The molecule has 3 atom stereocenters. The second-order valence-electron chi connectivity index (χ2n) is 3.67. The van der Waals surface area contributed by atoms with E-state index in [0.717, 1.165) is 6.42 Å². The van der Waals surface area contributed by atoms with Gasteiger partial charge in [-0.2, -0.15) is 0 Å². The van der Waals surface area contributed by atoms with E-state index in [1.165, 1.54) is 0 Å². The number of carboxylic acid groups (broad SMARTS) is 1.